The van der Waals surface area contributed by atoms with Crippen molar-refractivity contribution in [2.24, 2.45) is 0 Å². The van der Waals surface area contributed by atoms with Gasteiger partial charge in [0.05, 0.1) is 12.0 Å². The van der Waals surface area contributed by atoms with Gasteiger partial charge in [0, 0.05) is 40.9 Å². The summed E-state index contributed by atoms with van der Waals surface area (Å²) in [6.45, 7) is 2.75. The maximum atomic E-state index is 12.9. The molecule has 0 fully saturated rings. The number of unbranched alkanes of at least 4 members (excludes halogenated alkanes) is 4. The van der Waals surface area contributed by atoms with E-state index in [1.807, 2.05) is 12.1 Å². The summed E-state index contributed by atoms with van der Waals surface area (Å²) >= 11 is 0. The highest BCUT2D eigenvalue weighted by Crippen LogP contribution is 2.57. The molecule has 2 heterocycles. The van der Waals surface area contributed by atoms with E-state index in [2.05, 4.69) is 12.2 Å². The quantitative estimate of drug-likeness (QED) is 0.294. The lowest BCUT2D eigenvalue weighted by molar-refractivity contribution is -0.120. The summed E-state index contributed by atoms with van der Waals surface area (Å²) in [6.07, 6.45) is 5.46. The Kier molecular flexibility index (Phi) is 6.31. The van der Waals surface area contributed by atoms with Crippen LogP contribution in [-0.4, -0.2) is 28.6 Å². The van der Waals surface area contributed by atoms with Crippen molar-refractivity contribution in [3.05, 3.63) is 82.4 Å². The molecule has 2 aliphatic rings. The van der Waals surface area contributed by atoms with E-state index in [1.54, 1.807) is 24.3 Å². The van der Waals surface area contributed by atoms with Crippen LogP contribution in [0.2, 0.25) is 0 Å². The molecule has 0 radical (unpaired) electrons. The molecule has 5 rings (SSSR count). The highest BCUT2D eigenvalue weighted by molar-refractivity contribution is 5.97. The monoisotopic (exact) mass is 487 g/mol. The fraction of sp³-hybridized carbons (Fsp3) is 0.310. The zero-order valence-corrected chi connectivity index (χ0v) is 20.2. The average Bonchev–Trinajstić information content (AvgIpc) is 3.15. The number of fused-ring (bicyclic) bond motifs is 6. The first kappa shape index (κ1) is 23.7. The minimum absolute atomic E-state index is 0.00262. The third kappa shape index (κ3) is 4.04. The van der Waals surface area contributed by atoms with Gasteiger partial charge in [-0.15, -0.1) is 0 Å². The second-order valence-electron chi connectivity index (χ2n) is 9.32. The molecule has 1 spiro atoms. The van der Waals surface area contributed by atoms with Gasteiger partial charge in [0.15, 0.2) is 5.60 Å². The van der Waals surface area contributed by atoms with Gasteiger partial charge >= 0.3 is 5.97 Å². The van der Waals surface area contributed by atoms with Crippen LogP contribution in [0.3, 0.4) is 0 Å². The van der Waals surface area contributed by atoms with Crippen LogP contribution in [0, 0.1) is 0 Å². The number of phenolic OH excluding ortho intramolecular Hbond substituents is 2. The SMILES string of the molecule is CCCCCCCNC(=O)Cc1cc2c(cc1O)Oc1cc(O)ccc1C21OC(=O)c2ccccc21. The van der Waals surface area contributed by atoms with Crippen molar-refractivity contribution in [2.45, 2.75) is 51.0 Å². The van der Waals surface area contributed by atoms with E-state index >= 15 is 0 Å². The number of hydrogen-bond donors (Lipinski definition) is 3. The number of carbonyl (C=O) groups is 2. The summed E-state index contributed by atoms with van der Waals surface area (Å²) < 4.78 is 12.1. The summed E-state index contributed by atoms with van der Waals surface area (Å²) in [5, 5.41) is 23.7. The molecule has 3 aromatic rings. The van der Waals surface area contributed by atoms with Crippen molar-refractivity contribution in [1.29, 1.82) is 0 Å². The number of hydrogen-bond acceptors (Lipinski definition) is 6. The standard InChI is InChI=1S/C29H29NO6/c1-2-3-4-5-8-13-30-27(33)15-18-14-23-26(17-24(18)32)35-25-16-19(31)11-12-22(25)29(23)21-10-7-6-9-20(21)28(34)36-29/h6-7,9-12,14,16-17,31-32H,2-5,8,13,15H2,1H3,(H,30,33). The van der Waals surface area contributed by atoms with Crippen molar-refractivity contribution < 1.29 is 29.3 Å². The number of amides is 1. The van der Waals surface area contributed by atoms with Crippen molar-refractivity contribution >= 4 is 11.9 Å². The molecule has 7 nitrogen and oxygen atoms in total. The Morgan fingerprint density at radius 2 is 1.69 bits per heavy atom. The fourth-order valence-electron chi connectivity index (χ4n) is 5.07. The number of nitrogens with one attached hydrogen (secondary N) is 1. The van der Waals surface area contributed by atoms with Crippen LogP contribution in [0.25, 0.3) is 0 Å². The zero-order chi connectivity index (χ0) is 25.3. The molecule has 36 heavy (non-hydrogen) atoms. The number of aromatic hydroxyl groups is 2. The largest absolute Gasteiger partial charge is 0.508 e. The molecule has 1 atom stereocenters. The number of ether oxygens (including phenoxy) is 2. The minimum Gasteiger partial charge on any atom is -0.508 e. The Balaban J connectivity index is 1.50. The number of carbonyl (C=O) groups excluding carboxylic acids is 2. The summed E-state index contributed by atoms with van der Waals surface area (Å²) in [5.74, 6) is -0.163. The van der Waals surface area contributed by atoms with Crippen LogP contribution in [0.5, 0.6) is 23.0 Å². The van der Waals surface area contributed by atoms with Crippen LogP contribution in [0.15, 0.2) is 54.6 Å². The highest BCUT2D eigenvalue weighted by Gasteiger charge is 2.53. The molecule has 0 bridgehead atoms. The van der Waals surface area contributed by atoms with Gasteiger partial charge in [0.2, 0.25) is 5.91 Å². The van der Waals surface area contributed by atoms with E-state index < -0.39 is 11.6 Å². The van der Waals surface area contributed by atoms with Crippen LogP contribution in [0.4, 0.5) is 0 Å². The first-order valence-corrected chi connectivity index (χ1v) is 12.4. The Bertz CT molecular complexity index is 1330. The Labute approximate surface area is 209 Å². The molecule has 0 aliphatic carbocycles. The third-order valence-corrected chi connectivity index (χ3v) is 6.85. The first-order chi connectivity index (χ1) is 17.4. The smallest absolute Gasteiger partial charge is 0.340 e. The number of benzene rings is 3. The summed E-state index contributed by atoms with van der Waals surface area (Å²) in [7, 11) is 0. The van der Waals surface area contributed by atoms with E-state index in [9.17, 15) is 19.8 Å². The molecule has 0 aromatic heterocycles. The van der Waals surface area contributed by atoms with Crippen LogP contribution in [0.1, 0.15) is 71.6 Å². The van der Waals surface area contributed by atoms with E-state index in [-0.39, 0.29) is 29.6 Å². The van der Waals surface area contributed by atoms with E-state index in [0.29, 0.717) is 40.1 Å². The minimum atomic E-state index is -1.33. The molecular weight excluding hydrogens is 458 g/mol. The van der Waals surface area contributed by atoms with Gasteiger partial charge in [-0.05, 0) is 30.7 Å². The lowest BCUT2D eigenvalue weighted by Crippen LogP contribution is -2.33. The number of rotatable bonds is 8. The third-order valence-electron chi connectivity index (χ3n) is 6.85. The van der Waals surface area contributed by atoms with E-state index in [4.69, 9.17) is 9.47 Å². The van der Waals surface area contributed by atoms with Gasteiger partial charge in [0.1, 0.15) is 23.0 Å². The lowest BCUT2D eigenvalue weighted by atomic mass is 9.77. The summed E-state index contributed by atoms with van der Waals surface area (Å²) in [4.78, 5) is 25.6. The lowest BCUT2D eigenvalue weighted by Gasteiger charge is -2.37. The molecule has 2 aliphatic heterocycles. The van der Waals surface area contributed by atoms with Crippen LogP contribution in [-0.2, 0) is 21.6 Å². The van der Waals surface area contributed by atoms with Gasteiger partial charge in [-0.25, -0.2) is 4.79 Å². The molecule has 0 saturated carbocycles. The molecule has 3 N–H and O–H groups in total. The summed E-state index contributed by atoms with van der Waals surface area (Å²) in [5.41, 5.74) is 1.21. The summed E-state index contributed by atoms with van der Waals surface area (Å²) in [6, 6.07) is 14.9. The van der Waals surface area contributed by atoms with Crippen LogP contribution >= 0.6 is 0 Å². The number of phenols is 2. The molecule has 1 amide bonds. The van der Waals surface area contributed by atoms with Gasteiger partial charge in [-0.1, -0.05) is 50.8 Å². The maximum absolute atomic E-state index is 12.9. The predicted molar refractivity (Wildman–Crippen MR) is 133 cm³/mol. The van der Waals surface area contributed by atoms with Gasteiger partial charge in [-0.2, -0.15) is 0 Å². The molecule has 0 saturated heterocycles. The first-order valence-electron chi connectivity index (χ1n) is 12.4. The fourth-order valence-corrected chi connectivity index (χ4v) is 5.07. The van der Waals surface area contributed by atoms with Gasteiger partial charge in [0.25, 0.3) is 0 Å². The predicted octanol–water partition coefficient (Wildman–Crippen LogP) is 5.29. The Morgan fingerprint density at radius 1 is 0.917 bits per heavy atom. The maximum Gasteiger partial charge on any atom is 0.340 e. The highest BCUT2D eigenvalue weighted by atomic mass is 16.6. The van der Waals surface area contributed by atoms with Crippen LogP contribution < -0.4 is 10.1 Å². The normalized spacial score (nSPS) is 17.1. The van der Waals surface area contributed by atoms with Gasteiger partial charge in [-0.3, -0.25) is 4.79 Å². The molecule has 1 unspecified atom stereocenters. The van der Waals surface area contributed by atoms with E-state index in [0.717, 1.165) is 19.3 Å². The Hall–Kier alpha value is -4.00. The molecule has 7 heteroatoms. The zero-order valence-electron chi connectivity index (χ0n) is 20.2. The van der Waals surface area contributed by atoms with Crippen molar-refractivity contribution in [3.8, 4) is 23.0 Å². The Morgan fingerprint density at radius 3 is 2.53 bits per heavy atom. The topological polar surface area (TPSA) is 105 Å². The number of esters is 1. The second kappa shape index (κ2) is 9.57. The average molecular weight is 488 g/mol. The molecular formula is C29H29NO6. The second-order valence-corrected chi connectivity index (χ2v) is 9.32. The molecule has 186 valence electrons. The van der Waals surface area contributed by atoms with Crippen molar-refractivity contribution in [2.75, 3.05) is 6.54 Å². The van der Waals surface area contributed by atoms with E-state index in [1.165, 1.54) is 31.0 Å². The van der Waals surface area contributed by atoms with Gasteiger partial charge < -0.3 is 25.0 Å². The van der Waals surface area contributed by atoms with Crippen molar-refractivity contribution in [3.63, 3.8) is 0 Å². The van der Waals surface area contributed by atoms with Crippen molar-refractivity contribution in [1.82, 2.24) is 5.32 Å². The molecule has 3 aromatic carbocycles.